The number of rotatable bonds is 4. The van der Waals surface area contributed by atoms with E-state index < -0.39 is 0 Å². The molecule has 0 N–H and O–H groups in total. The highest BCUT2D eigenvalue weighted by Gasteiger charge is 2.09. The molecular weight excluding hydrogens is 269 g/mol. The molecule has 0 atom stereocenters. The zero-order valence-corrected chi connectivity index (χ0v) is 11.1. The zero-order valence-electron chi connectivity index (χ0n) is 11.1. The van der Waals surface area contributed by atoms with E-state index in [0.29, 0.717) is 11.3 Å². The lowest BCUT2D eigenvalue weighted by Gasteiger charge is -2.00. The van der Waals surface area contributed by atoms with Gasteiger partial charge in [-0.1, -0.05) is 30.3 Å². The van der Waals surface area contributed by atoms with Gasteiger partial charge in [0.25, 0.3) is 0 Å². The van der Waals surface area contributed by atoms with Crippen molar-refractivity contribution in [1.29, 1.82) is 0 Å². The maximum absolute atomic E-state index is 12.9. The fourth-order valence-electron chi connectivity index (χ4n) is 1.97. The van der Waals surface area contributed by atoms with Crippen molar-refractivity contribution in [3.8, 4) is 11.3 Å². The second-order valence-electron chi connectivity index (χ2n) is 4.56. The summed E-state index contributed by atoms with van der Waals surface area (Å²) in [7, 11) is 0. The van der Waals surface area contributed by atoms with Gasteiger partial charge in [0.15, 0.2) is 5.78 Å². The van der Waals surface area contributed by atoms with Gasteiger partial charge in [-0.05, 0) is 24.3 Å². The SMILES string of the molecule is O=C(Cn1ncc(-c2ccc(F)cc2)n1)c1ccccc1. The summed E-state index contributed by atoms with van der Waals surface area (Å²) in [4.78, 5) is 13.4. The zero-order chi connectivity index (χ0) is 14.7. The van der Waals surface area contributed by atoms with E-state index in [1.165, 1.54) is 16.9 Å². The molecule has 0 aliphatic carbocycles. The minimum absolute atomic E-state index is 0.0585. The van der Waals surface area contributed by atoms with Gasteiger partial charge >= 0.3 is 0 Å². The van der Waals surface area contributed by atoms with Gasteiger partial charge in [0, 0.05) is 11.1 Å². The van der Waals surface area contributed by atoms with Crippen LogP contribution in [0.25, 0.3) is 11.3 Å². The average Bonchev–Trinajstić information content (AvgIpc) is 2.97. The van der Waals surface area contributed by atoms with Crippen LogP contribution in [0.2, 0.25) is 0 Å². The number of carbonyl (C=O) groups excluding carboxylic acids is 1. The second kappa shape index (κ2) is 5.66. The molecular formula is C16H12FN3O. The summed E-state index contributed by atoms with van der Waals surface area (Å²) in [6.07, 6.45) is 1.56. The van der Waals surface area contributed by atoms with E-state index >= 15 is 0 Å². The van der Waals surface area contributed by atoms with Gasteiger partial charge in [-0.15, -0.1) is 0 Å². The van der Waals surface area contributed by atoms with Crippen LogP contribution in [0, 0.1) is 5.82 Å². The van der Waals surface area contributed by atoms with Crippen molar-refractivity contribution in [2.45, 2.75) is 6.54 Å². The van der Waals surface area contributed by atoms with Gasteiger partial charge < -0.3 is 0 Å². The number of carbonyl (C=O) groups is 1. The van der Waals surface area contributed by atoms with E-state index in [9.17, 15) is 9.18 Å². The molecule has 4 nitrogen and oxygen atoms in total. The highest BCUT2D eigenvalue weighted by atomic mass is 19.1. The highest BCUT2D eigenvalue weighted by molar-refractivity contribution is 5.95. The number of hydrogen-bond donors (Lipinski definition) is 0. The summed E-state index contributed by atoms with van der Waals surface area (Å²) in [6, 6.07) is 15.0. The normalized spacial score (nSPS) is 10.5. The highest BCUT2D eigenvalue weighted by Crippen LogP contribution is 2.16. The summed E-state index contributed by atoms with van der Waals surface area (Å²) >= 11 is 0. The van der Waals surface area contributed by atoms with Crippen LogP contribution in [-0.4, -0.2) is 20.8 Å². The Balaban J connectivity index is 1.76. The molecule has 1 aromatic heterocycles. The molecule has 0 fully saturated rings. The molecule has 0 amide bonds. The Morgan fingerprint density at radius 2 is 1.76 bits per heavy atom. The van der Waals surface area contributed by atoms with E-state index in [4.69, 9.17) is 0 Å². The number of Topliss-reactive ketones (excluding diaryl/α,β-unsaturated/α-hetero) is 1. The number of ketones is 1. The van der Waals surface area contributed by atoms with Gasteiger partial charge in [0.1, 0.15) is 18.1 Å². The minimum Gasteiger partial charge on any atom is -0.292 e. The lowest BCUT2D eigenvalue weighted by atomic mass is 10.1. The first-order valence-corrected chi connectivity index (χ1v) is 6.47. The number of halogens is 1. The maximum atomic E-state index is 12.9. The number of nitrogens with zero attached hydrogens (tertiary/aromatic N) is 3. The number of aromatic nitrogens is 3. The van der Waals surface area contributed by atoms with Gasteiger partial charge in [0.2, 0.25) is 0 Å². The minimum atomic E-state index is -0.301. The standard InChI is InChI=1S/C16H12FN3O/c17-14-8-6-12(7-9-14)15-10-18-20(19-15)11-16(21)13-4-2-1-3-5-13/h1-10H,11H2. The van der Waals surface area contributed by atoms with Gasteiger partial charge in [-0.3, -0.25) is 4.79 Å². The van der Waals surface area contributed by atoms with Crippen molar-refractivity contribution in [2.75, 3.05) is 0 Å². The molecule has 3 rings (SSSR count). The van der Waals surface area contributed by atoms with Crippen molar-refractivity contribution in [2.24, 2.45) is 0 Å². The van der Waals surface area contributed by atoms with Crippen molar-refractivity contribution >= 4 is 5.78 Å². The Morgan fingerprint density at radius 3 is 2.48 bits per heavy atom. The summed E-state index contributed by atoms with van der Waals surface area (Å²) in [5.41, 5.74) is 1.99. The molecule has 0 saturated heterocycles. The molecule has 0 saturated carbocycles. The first kappa shape index (κ1) is 13.2. The molecule has 0 aliphatic rings. The van der Waals surface area contributed by atoms with Crippen LogP contribution in [0.3, 0.4) is 0 Å². The summed E-state index contributed by atoms with van der Waals surface area (Å²) < 4.78 is 12.9. The molecule has 2 aromatic carbocycles. The molecule has 0 aliphatic heterocycles. The smallest absolute Gasteiger partial charge is 0.186 e. The predicted octanol–water partition coefficient (Wildman–Crippen LogP) is 2.97. The Morgan fingerprint density at radius 1 is 1.05 bits per heavy atom. The Labute approximate surface area is 120 Å². The lowest BCUT2D eigenvalue weighted by Crippen LogP contribution is -2.12. The first-order chi connectivity index (χ1) is 10.2. The van der Waals surface area contributed by atoms with Gasteiger partial charge in [-0.25, -0.2) is 4.39 Å². The number of hydrogen-bond acceptors (Lipinski definition) is 3. The molecule has 0 radical (unpaired) electrons. The molecule has 3 aromatic rings. The number of benzene rings is 2. The Bertz CT molecular complexity index is 751. The molecule has 5 heteroatoms. The molecule has 0 unspecified atom stereocenters. The van der Waals surface area contributed by atoms with Crippen molar-refractivity contribution in [3.05, 3.63) is 72.2 Å². The largest absolute Gasteiger partial charge is 0.292 e. The van der Waals surface area contributed by atoms with Crippen LogP contribution in [0.1, 0.15) is 10.4 Å². The molecule has 0 spiro atoms. The topological polar surface area (TPSA) is 47.8 Å². The van der Waals surface area contributed by atoms with E-state index in [0.717, 1.165) is 5.56 Å². The Hall–Kier alpha value is -2.82. The van der Waals surface area contributed by atoms with Gasteiger partial charge in [0.05, 0.1) is 6.20 Å². The lowest BCUT2D eigenvalue weighted by molar-refractivity contribution is 0.0962. The third kappa shape index (κ3) is 3.02. The summed E-state index contributed by atoms with van der Waals surface area (Å²) in [5.74, 6) is -0.359. The van der Waals surface area contributed by atoms with Crippen molar-refractivity contribution in [3.63, 3.8) is 0 Å². The first-order valence-electron chi connectivity index (χ1n) is 6.47. The molecule has 21 heavy (non-hydrogen) atoms. The quantitative estimate of drug-likeness (QED) is 0.691. The second-order valence-corrected chi connectivity index (χ2v) is 4.56. The van der Waals surface area contributed by atoms with E-state index in [2.05, 4.69) is 10.2 Å². The molecule has 104 valence electrons. The van der Waals surface area contributed by atoms with Crippen LogP contribution in [0.5, 0.6) is 0 Å². The van der Waals surface area contributed by atoms with Crippen LogP contribution in [-0.2, 0) is 6.54 Å². The van der Waals surface area contributed by atoms with Crippen LogP contribution in [0.15, 0.2) is 60.8 Å². The molecule has 0 bridgehead atoms. The van der Waals surface area contributed by atoms with E-state index in [-0.39, 0.29) is 18.1 Å². The predicted molar refractivity (Wildman–Crippen MR) is 76.2 cm³/mol. The summed E-state index contributed by atoms with van der Waals surface area (Å²) in [6.45, 7) is 0.0746. The summed E-state index contributed by atoms with van der Waals surface area (Å²) in [5, 5.41) is 8.31. The molecule has 1 heterocycles. The van der Waals surface area contributed by atoms with Crippen molar-refractivity contribution in [1.82, 2.24) is 15.0 Å². The van der Waals surface area contributed by atoms with E-state index in [1.54, 1.807) is 30.5 Å². The van der Waals surface area contributed by atoms with Gasteiger partial charge in [-0.2, -0.15) is 15.0 Å². The Kier molecular flexibility index (Phi) is 3.55. The maximum Gasteiger partial charge on any atom is 0.186 e. The fraction of sp³-hybridized carbons (Fsp3) is 0.0625. The monoisotopic (exact) mass is 281 g/mol. The van der Waals surface area contributed by atoms with Crippen LogP contribution < -0.4 is 0 Å². The van der Waals surface area contributed by atoms with Crippen LogP contribution >= 0.6 is 0 Å². The third-order valence-corrected chi connectivity index (χ3v) is 3.06. The van der Waals surface area contributed by atoms with Crippen LogP contribution in [0.4, 0.5) is 4.39 Å². The third-order valence-electron chi connectivity index (χ3n) is 3.06. The average molecular weight is 281 g/mol. The fourth-order valence-corrected chi connectivity index (χ4v) is 1.97. The van der Waals surface area contributed by atoms with Crippen molar-refractivity contribution < 1.29 is 9.18 Å². The van der Waals surface area contributed by atoms with E-state index in [1.807, 2.05) is 18.2 Å².